The van der Waals surface area contributed by atoms with Crippen molar-refractivity contribution < 1.29 is 14.7 Å². The molecular formula is C12H22N4O3S. The van der Waals surface area contributed by atoms with E-state index in [0.29, 0.717) is 18.2 Å². The molecule has 2 amide bonds. The maximum Gasteiger partial charge on any atom is 0.327 e. The van der Waals surface area contributed by atoms with Crippen LogP contribution in [-0.4, -0.2) is 83.8 Å². The van der Waals surface area contributed by atoms with E-state index in [1.807, 2.05) is 0 Å². The normalized spacial score (nSPS) is 23.8. The molecule has 2 rings (SSSR count). The number of rotatable bonds is 5. The molecule has 8 heteroatoms. The number of carbonyl (C=O) groups excluding carboxylic acids is 1. The smallest absolute Gasteiger partial charge is 0.327 e. The first-order chi connectivity index (χ1) is 9.68. The van der Waals surface area contributed by atoms with Crippen molar-refractivity contribution in [2.45, 2.75) is 12.5 Å². The Balaban J connectivity index is 1.63. The van der Waals surface area contributed by atoms with E-state index in [4.69, 9.17) is 5.11 Å². The zero-order valence-electron chi connectivity index (χ0n) is 11.5. The van der Waals surface area contributed by atoms with Crippen LogP contribution >= 0.6 is 11.8 Å². The highest BCUT2D eigenvalue weighted by molar-refractivity contribution is 7.99. The second-order valence-corrected chi connectivity index (χ2v) is 6.00. The van der Waals surface area contributed by atoms with E-state index < -0.39 is 12.0 Å². The average Bonchev–Trinajstić information content (AvgIpc) is 2.94. The average molecular weight is 302 g/mol. The Morgan fingerprint density at radius 1 is 1.35 bits per heavy atom. The van der Waals surface area contributed by atoms with Crippen LogP contribution in [0.1, 0.15) is 6.42 Å². The van der Waals surface area contributed by atoms with Gasteiger partial charge in [-0.05, 0) is 13.0 Å². The molecule has 0 bridgehead atoms. The van der Waals surface area contributed by atoms with Gasteiger partial charge in [0.1, 0.15) is 6.04 Å². The molecule has 0 spiro atoms. The summed E-state index contributed by atoms with van der Waals surface area (Å²) in [6.07, 6.45) is 0.893. The van der Waals surface area contributed by atoms with Crippen molar-refractivity contribution in [2.24, 2.45) is 0 Å². The van der Waals surface area contributed by atoms with E-state index in [1.54, 1.807) is 0 Å². The number of urea groups is 1. The Bertz CT molecular complexity index is 350. The third-order valence-electron chi connectivity index (χ3n) is 3.57. The summed E-state index contributed by atoms with van der Waals surface area (Å²) in [5.41, 5.74) is 0. The summed E-state index contributed by atoms with van der Waals surface area (Å²) in [7, 11) is 0. The number of amides is 2. The highest BCUT2D eigenvalue weighted by atomic mass is 32.2. The van der Waals surface area contributed by atoms with Crippen molar-refractivity contribution in [1.29, 1.82) is 0 Å². The molecule has 2 fully saturated rings. The van der Waals surface area contributed by atoms with E-state index in [9.17, 15) is 9.59 Å². The number of carboxylic acids is 1. The molecule has 0 aromatic heterocycles. The van der Waals surface area contributed by atoms with Gasteiger partial charge in [0.25, 0.3) is 0 Å². The summed E-state index contributed by atoms with van der Waals surface area (Å²) in [5.74, 6) is 0.00962. The Kier molecular flexibility index (Phi) is 5.93. The van der Waals surface area contributed by atoms with Crippen LogP contribution < -0.4 is 10.6 Å². The van der Waals surface area contributed by atoms with Crippen LogP contribution in [0.15, 0.2) is 0 Å². The maximum atomic E-state index is 11.9. The SMILES string of the molecule is O=C(O)[C@@H]1CSCN1C(=O)NCCCN1CCNCC1. The summed E-state index contributed by atoms with van der Waals surface area (Å²) < 4.78 is 0. The van der Waals surface area contributed by atoms with Crippen molar-refractivity contribution in [3.8, 4) is 0 Å². The summed E-state index contributed by atoms with van der Waals surface area (Å²) in [5, 5.41) is 15.1. The molecule has 7 nitrogen and oxygen atoms in total. The van der Waals surface area contributed by atoms with Crippen molar-refractivity contribution >= 4 is 23.8 Å². The van der Waals surface area contributed by atoms with Crippen molar-refractivity contribution in [3.63, 3.8) is 0 Å². The van der Waals surface area contributed by atoms with Crippen LogP contribution in [0, 0.1) is 0 Å². The molecule has 3 N–H and O–H groups in total. The van der Waals surface area contributed by atoms with Crippen LogP contribution in [0.5, 0.6) is 0 Å². The first-order valence-corrected chi connectivity index (χ1v) is 8.12. The van der Waals surface area contributed by atoms with Gasteiger partial charge >= 0.3 is 12.0 Å². The number of carboxylic acid groups (broad SMARTS) is 1. The van der Waals surface area contributed by atoms with Gasteiger partial charge in [-0.2, -0.15) is 0 Å². The minimum atomic E-state index is -0.925. The Hall–Kier alpha value is -0.990. The number of carbonyl (C=O) groups is 2. The number of hydrogen-bond donors (Lipinski definition) is 3. The van der Waals surface area contributed by atoms with E-state index in [2.05, 4.69) is 15.5 Å². The van der Waals surface area contributed by atoms with Gasteiger partial charge < -0.3 is 25.5 Å². The summed E-state index contributed by atoms with van der Waals surface area (Å²) in [6.45, 7) is 5.72. The summed E-state index contributed by atoms with van der Waals surface area (Å²) in [4.78, 5) is 26.7. The van der Waals surface area contributed by atoms with Gasteiger partial charge in [-0.15, -0.1) is 11.8 Å². The van der Waals surface area contributed by atoms with Gasteiger partial charge in [0.15, 0.2) is 0 Å². The molecule has 114 valence electrons. The number of aliphatic carboxylic acids is 1. The van der Waals surface area contributed by atoms with E-state index in [0.717, 1.165) is 39.1 Å². The molecule has 2 aliphatic rings. The number of hydrogen-bond acceptors (Lipinski definition) is 5. The lowest BCUT2D eigenvalue weighted by Gasteiger charge is -2.27. The highest BCUT2D eigenvalue weighted by Gasteiger charge is 2.34. The summed E-state index contributed by atoms with van der Waals surface area (Å²) >= 11 is 1.48. The van der Waals surface area contributed by atoms with E-state index >= 15 is 0 Å². The Labute approximate surface area is 123 Å². The zero-order valence-corrected chi connectivity index (χ0v) is 12.3. The fourth-order valence-electron chi connectivity index (χ4n) is 2.38. The molecule has 0 aliphatic carbocycles. The molecule has 2 saturated heterocycles. The minimum Gasteiger partial charge on any atom is -0.480 e. The minimum absolute atomic E-state index is 0.261. The third kappa shape index (κ3) is 4.26. The monoisotopic (exact) mass is 302 g/mol. The van der Waals surface area contributed by atoms with Gasteiger partial charge in [0.2, 0.25) is 0 Å². The molecule has 0 radical (unpaired) electrons. The molecular weight excluding hydrogens is 280 g/mol. The number of nitrogens with one attached hydrogen (secondary N) is 2. The second-order valence-electron chi connectivity index (χ2n) is 5.00. The lowest BCUT2D eigenvalue weighted by molar-refractivity contribution is -0.140. The van der Waals surface area contributed by atoms with Crippen LogP contribution in [-0.2, 0) is 4.79 Å². The standard InChI is InChI=1S/C12H22N4O3S/c17-11(18)10-8-20-9-16(10)12(19)14-2-1-5-15-6-3-13-4-7-15/h10,13H,1-9H2,(H,14,19)(H,17,18)/t10-/m0/s1. The largest absolute Gasteiger partial charge is 0.480 e. The van der Waals surface area contributed by atoms with Gasteiger partial charge in [0, 0.05) is 38.5 Å². The number of piperazine rings is 1. The van der Waals surface area contributed by atoms with E-state index in [-0.39, 0.29) is 6.03 Å². The second kappa shape index (κ2) is 7.70. The maximum absolute atomic E-state index is 11.9. The topological polar surface area (TPSA) is 84.9 Å². The molecule has 2 heterocycles. The fourth-order valence-corrected chi connectivity index (χ4v) is 3.53. The van der Waals surface area contributed by atoms with Gasteiger partial charge in [-0.3, -0.25) is 0 Å². The van der Waals surface area contributed by atoms with Crippen molar-refractivity contribution in [2.75, 3.05) is 50.9 Å². The fraction of sp³-hybridized carbons (Fsp3) is 0.833. The zero-order chi connectivity index (χ0) is 14.4. The van der Waals surface area contributed by atoms with Crippen LogP contribution in [0.2, 0.25) is 0 Å². The van der Waals surface area contributed by atoms with Gasteiger partial charge in [0.05, 0.1) is 5.88 Å². The molecule has 0 unspecified atom stereocenters. The molecule has 2 aliphatic heterocycles. The number of nitrogens with zero attached hydrogens (tertiary/aromatic N) is 2. The van der Waals surface area contributed by atoms with Crippen LogP contribution in [0.3, 0.4) is 0 Å². The first-order valence-electron chi connectivity index (χ1n) is 6.96. The Morgan fingerprint density at radius 3 is 2.80 bits per heavy atom. The highest BCUT2D eigenvalue weighted by Crippen LogP contribution is 2.20. The van der Waals surface area contributed by atoms with Crippen LogP contribution in [0.25, 0.3) is 0 Å². The predicted molar refractivity (Wildman–Crippen MR) is 77.9 cm³/mol. The van der Waals surface area contributed by atoms with Gasteiger partial charge in [-0.1, -0.05) is 0 Å². The third-order valence-corrected chi connectivity index (χ3v) is 4.58. The van der Waals surface area contributed by atoms with Crippen molar-refractivity contribution in [1.82, 2.24) is 20.4 Å². The molecule has 0 aromatic carbocycles. The van der Waals surface area contributed by atoms with Gasteiger partial charge in [-0.25, -0.2) is 9.59 Å². The molecule has 0 aromatic rings. The Morgan fingerprint density at radius 2 is 2.10 bits per heavy atom. The number of thioether (sulfide) groups is 1. The molecule has 20 heavy (non-hydrogen) atoms. The van der Waals surface area contributed by atoms with Crippen LogP contribution in [0.4, 0.5) is 4.79 Å². The first kappa shape index (κ1) is 15.4. The quantitative estimate of drug-likeness (QED) is 0.591. The molecule has 1 atom stereocenters. The molecule has 0 saturated carbocycles. The predicted octanol–water partition coefficient (Wildman–Crippen LogP) is -0.549. The van der Waals surface area contributed by atoms with E-state index in [1.165, 1.54) is 16.7 Å². The lowest BCUT2D eigenvalue weighted by Crippen LogP contribution is -2.48. The lowest BCUT2D eigenvalue weighted by atomic mass is 10.3. The van der Waals surface area contributed by atoms with Crippen molar-refractivity contribution in [3.05, 3.63) is 0 Å². The summed E-state index contributed by atoms with van der Waals surface area (Å²) in [6, 6.07) is -0.948.